The molecule has 1 aromatic carbocycles. The number of hydrogen-bond donors (Lipinski definition) is 1. The Hall–Kier alpha value is -1.00. The van der Waals surface area contributed by atoms with Gasteiger partial charge >= 0.3 is 5.97 Å². The van der Waals surface area contributed by atoms with E-state index in [1.165, 1.54) is 17.7 Å². The number of carboxylic acids is 1. The number of rotatable bonds is 6. The molecule has 2 aliphatic rings. The fourth-order valence-electron chi connectivity index (χ4n) is 3.95. The van der Waals surface area contributed by atoms with Crippen LogP contribution in [0.5, 0.6) is 0 Å². The lowest BCUT2D eigenvalue weighted by Gasteiger charge is -2.38. The summed E-state index contributed by atoms with van der Waals surface area (Å²) < 4.78 is 0. The minimum Gasteiger partial charge on any atom is -0.481 e. The number of thioether (sulfide) groups is 1. The minimum atomic E-state index is -0.632. The van der Waals surface area contributed by atoms with Crippen LogP contribution < -0.4 is 0 Å². The number of benzene rings is 1. The van der Waals surface area contributed by atoms with Crippen molar-refractivity contribution in [3.05, 3.63) is 30.3 Å². The van der Waals surface area contributed by atoms with Crippen LogP contribution in [0, 0.1) is 5.92 Å². The van der Waals surface area contributed by atoms with Gasteiger partial charge in [-0.3, -0.25) is 9.69 Å². The van der Waals surface area contributed by atoms with E-state index >= 15 is 0 Å². The van der Waals surface area contributed by atoms with Crippen molar-refractivity contribution in [2.24, 2.45) is 5.92 Å². The van der Waals surface area contributed by atoms with E-state index in [0.29, 0.717) is 24.4 Å². The predicted octanol–water partition coefficient (Wildman–Crippen LogP) is 3.50. The molecular formula is C17H23NO2S. The van der Waals surface area contributed by atoms with Gasteiger partial charge < -0.3 is 5.11 Å². The van der Waals surface area contributed by atoms with Crippen molar-refractivity contribution in [2.45, 2.75) is 49.1 Å². The second kappa shape index (κ2) is 6.84. The van der Waals surface area contributed by atoms with Gasteiger partial charge in [0, 0.05) is 35.7 Å². The Morgan fingerprint density at radius 3 is 2.48 bits per heavy atom. The first-order valence-corrected chi connectivity index (χ1v) is 8.86. The molecule has 2 bridgehead atoms. The lowest BCUT2D eigenvalue weighted by molar-refractivity contribution is -0.138. The molecule has 114 valence electrons. The van der Waals surface area contributed by atoms with E-state index in [-0.39, 0.29) is 0 Å². The largest absolute Gasteiger partial charge is 0.481 e. The molecule has 0 amide bonds. The van der Waals surface area contributed by atoms with Crippen LogP contribution in [0.3, 0.4) is 0 Å². The van der Waals surface area contributed by atoms with Gasteiger partial charge in [-0.05, 0) is 43.7 Å². The molecule has 2 atom stereocenters. The van der Waals surface area contributed by atoms with E-state index in [9.17, 15) is 4.79 Å². The number of carboxylic acid groups (broad SMARTS) is 1. The summed E-state index contributed by atoms with van der Waals surface area (Å²) in [7, 11) is 0. The van der Waals surface area contributed by atoms with E-state index in [4.69, 9.17) is 5.11 Å². The normalized spacial score (nSPS) is 28.7. The van der Waals surface area contributed by atoms with E-state index < -0.39 is 5.97 Å². The number of nitrogens with zero attached hydrogens (tertiary/aromatic N) is 1. The van der Waals surface area contributed by atoms with Gasteiger partial charge in [-0.2, -0.15) is 0 Å². The first-order valence-electron chi connectivity index (χ1n) is 7.88. The van der Waals surface area contributed by atoms with Crippen LogP contribution in [0.2, 0.25) is 0 Å². The maximum absolute atomic E-state index is 10.9. The van der Waals surface area contributed by atoms with Gasteiger partial charge in [-0.25, -0.2) is 0 Å². The summed E-state index contributed by atoms with van der Waals surface area (Å²) in [4.78, 5) is 14.9. The highest BCUT2D eigenvalue weighted by Crippen LogP contribution is 2.40. The Kier molecular flexibility index (Phi) is 4.86. The van der Waals surface area contributed by atoms with Crippen LogP contribution in [0.4, 0.5) is 0 Å². The quantitative estimate of drug-likeness (QED) is 0.817. The molecule has 3 rings (SSSR count). The van der Waals surface area contributed by atoms with E-state index in [0.717, 1.165) is 25.1 Å². The average molecular weight is 305 g/mol. The number of piperidine rings is 1. The van der Waals surface area contributed by atoms with Crippen LogP contribution in [0.1, 0.15) is 32.1 Å². The van der Waals surface area contributed by atoms with Crippen molar-refractivity contribution >= 4 is 17.7 Å². The molecule has 2 saturated heterocycles. The Balaban J connectivity index is 1.48. The number of aliphatic carboxylic acids is 1. The van der Waals surface area contributed by atoms with Gasteiger partial charge in [0.1, 0.15) is 0 Å². The zero-order valence-corrected chi connectivity index (χ0v) is 13.1. The van der Waals surface area contributed by atoms with Crippen molar-refractivity contribution in [2.75, 3.05) is 12.3 Å². The molecular weight excluding hydrogens is 282 g/mol. The fourth-order valence-corrected chi connectivity index (χ4v) is 4.84. The topological polar surface area (TPSA) is 40.5 Å². The first-order chi connectivity index (χ1) is 10.2. The zero-order chi connectivity index (χ0) is 14.7. The lowest BCUT2D eigenvalue weighted by Crippen LogP contribution is -2.44. The third-order valence-electron chi connectivity index (χ3n) is 4.81. The molecule has 0 spiro atoms. The van der Waals surface area contributed by atoms with E-state index in [1.807, 2.05) is 11.8 Å². The first kappa shape index (κ1) is 14.9. The van der Waals surface area contributed by atoms with Gasteiger partial charge in [0.15, 0.2) is 0 Å². The molecule has 0 aromatic heterocycles. The third-order valence-corrected chi connectivity index (χ3v) is 5.80. The number of fused-ring (bicyclic) bond motifs is 2. The second-order valence-electron chi connectivity index (χ2n) is 6.22. The lowest BCUT2D eigenvalue weighted by atomic mass is 9.88. The Labute approximate surface area is 130 Å². The molecule has 1 aromatic rings. The molecule has 0 aliphatic carbocycles. The molecule has 2 unspecified atom stereocenters. The number of carbonyl (C=O) groups is 1. The van der Waals surface area contributed by atoms with Gasteiger partial charge in [-0.15, -0.1) is 11.8 Å². The smallest absolute Gasteiger partial charge is 0.303 e. The Morgan fingerprint density at radius 2 is 1.86 bits per heavy atom. The average Bonchev–Trinajstić information content (AvgIpc) is 2.70. The van der Waals surface area contributed by atoms with E-state index in [1.54, 1.807) is 0 Å². The molecule has 3 nitrogen and oxygen atoms in total. The summed E-state index contributed by atoms with van der Waals surface area (Å²) in [5.41, 5.74) is 0. The highest BCUT2D eigenvalue weighted by Gasteiger charge is 2.40. The van der Waals surface area contributed by atoms with Gasteiger partial charge in [0.2, 0.25) is 0 Å². The standard InChI is InChI=1S/C17H23NO2S/c19-17(20)12-13-10-14-6-7-15(11-13)18(14)8-9-21-16-4-2-1-3-5-16/h1-5,13-15H,6-12H2,(H,19,20). The molecule has 2 aliphatic heterocycles. The van der Waals surface area contributed by atoms with Gasteiger partial charge in [0.25, 0.3) is 0 Å². The van der Waals surface area contributed by atoms with Crippen LogP contribution in [0.25, 0.3) is 0 Å². The van der Waals surface area contributed by atoms with Gasteiger partial charge in [0.05, 0.1) is 0 Å². The van der Waals surface area contributed by atoms with Crippen LogP contribution in [0.15, 0.2) is 35.2 Å². The maximum Gasteiger partial charge on any atom is 0.303 e. The summed E-state index contributed by atoms with van der Waals surface area (Å²) in [6, 6.07) is 11.8. The molecule has 21 heavy (non-hydrogen) atoms. The molecule has 2 fully saturated rings. The Bertz CT molecular complexity index is 465. The predicted molar refractivity (Wildman–Crippen MR) is 85.7 cm³/mol. The highest BCUT2D eigenvalue weighted by atomic mass is 32.2. The summed E-state index contributed by atoms with van der Waals surface area (Å²) >= 11 is 1.92. The van der Waals surface area contributed by atoms with Crippen LogP contribution in [-0.4, -0.2) is 40.4 Å². The van der Waals surface area contributed by atoms with Crippen molar-refractivity contribution < 1.29 is 9.90 Å². The minimum absolute atomic E-state index is 0.361. The molecule has 0 saturated carbocycles. The Morgan fingerprint density at radius 1 is 1.19 bits per heavy atom. The third kappa shape index (κ3) is 3.80. The number of hydrogen-bond acceptors (Lipinski definition) is 3. The monoisotopic (exact) mass is 305 g/mol. The van der Waals surface area contributed by atoms with Crippen molar-refractivity contribution in [3.8, 4) is 0 Å². The molecule has 2 heterocycles. The molecule has 0 radical (unpaired) electrons. The van der Waals surface area contributed by atoms with Crippen LogP contribution in [-0.2, 0) is 4.79 Å². The molecule has 1 N–H and O–H groups in total. The van der Waals surface area contributed by atoms with Crippen molar-refractivity contribution in [1.29, 1.82) is 0 Å². The fraction of sp³-hybridized carbons (Fsp3) is 0.588. The summed E-state index contributed by atoms with van der Waals surface area (Å²) in [6.45, 7) is 1.13. The highest BCUT2D eigenvalue weighted by molar-refractivity contribution is 7.99. The van der Waals surface area contributed by atoms with Crippen molar-refractivity contribution in [1.82, 2.24) is 4.90 Å². The van der Waals surface area contributed by atoms with Gasteiger partial charge in [-0.1, -0.05) is 18.2 Å². The van der Waals surface area contributed by atoms with Crippen molar-refractivity contribution in [3.63, 3.8) is 0 Å². The van der Waals surface area contributed by atoms with Crippen LogP contribution >= 0.6 is 11.8 Å². The maximum atomic E-state index is 10.9. The summed E-state index contributed by atoms with van der Waals surface area (Å²) in [6.07, 6.45) is 5.05. The molecule has 4 heteroatoms. The van der Waals surface area contributed by atoms with E-state index in [2.05, 4.69) is 35.2 Å². The zero-order valence-electron chi connectivity index (χ0n) is 12.3. The second-order valence-corrected chi connectivity index (χ2v) is 7.39. The SMILES string of the molecule is O=C(O)CC1CC2CCC(C1)N2CCSc1ccccc1. The summed E-state index contributed by atoms with van der Waals surface area (Å²) in [5.74, 6) is 0.895. The summed E-state index contributed by atoms with van der Waals surface area (Å²) in [5, 5.41) is 8.98.